The molecule has 0 radical (unpaired) electrons. The van der Waals surface area contributed by atoms with Crippen LogP contribution in [-0.2, 0) is 0 Å². The maximum Gasteiger partial charge on any atom is 0.320 e. The van der Waals surface area contributed by atoms with Crippen LogP contribution in [0, 0.1) is 5.92 Å². The Kier molecular flexibility index (Phi) is 4.97. The van der Waals surface area contributed by atoms with Gasteiger partial charge in [-0.1, -0.05) is 25.7 Å². The van der Waals surface area contributed by atoms with Crippen molar-refractivity contribution in [3.63, 3.8) is 0 Å². The minimum absolute atomic E-state index is 0.189. The number of carbonyl (C=O) groups excluding carboxylic acids is 1. The molecule has 0 aliphatic heterocycles. The van der Waals surface area contributed by atoms with Crippen LogP contribution in [0.25, 0.3) is 0 Å². The molecule has 2 saturated carbocycles. The van der Waals surface area contributed by atoms with Crippen LogP contribution < -0.4 is 10.6 Å². The normalized spacial score (nSPS) is 26.0. The molecule has 0 saturated heterocycles. The van der Waals surface area contributed by atoms with Gasteiger partial charge in [0.15, 0.2) is 0 Å². The van der Waals surface area contributed by atoms with E-state index in [0.717, 1.165) is 37.9 Å². The fourth-order valence-electron chi connectivity index (χ4n) is 3.67. The molecule has 1 aromatic rings. The lowest BCUT2D eigenvalue weighted by Gasteiger charge is -2.24. The van der Waals surface area contributed by atoms with Crippen LogP contribution in [0.3, 0.4) is 0 Å². The predicted octanol–water partition coefficient (Wildman–Crippen LogP) is 2.67. The topological polar surface area (TPSA) is 79.2 Å². The SMILES string of the molecule is O=C(NC[C@@H]1CCC[C@@H]1O)Nc1ccnn1C1CCCCC1. The summed E-state index contributed by atoms with van der Waals surface area (Å²) in [5, 5.41) is 19.9. The number of nitrogens with one attached hydrogen (secondary N) is 2. The Bertz CT molecular complexity index is 496. The Labute approximate surface area is 131 Å². The van der Waals surface area contributed by atoms with E-state index in [2.05, 4.69) is 15.7 Å². The molecule has 2 amide bonds. The van der Waals surface area contributed by atoms with Crippen LogP contribution in [0.2, 0.25) is 0 Å². The fraction of sp³-hybridized carbons (Fsp3) is 0.750. The summed E-state index contributed by atoms with van der Waals surface area (Å²) in [6.45, 7) is 0.532. The highest BCUT2D eigenvalue weighted by molar-refractivity contribution is 5.88. The minimum atomic E-state index is -0.270. The lowest BCUT2D eigenvalue weighted by Crippen LogP contribution is -2.36. The average Bonchev–Trinajstić information content (AvgIpc) is 3.15. The van der Waals surface area contributed by atoms with Crippen molar-refractivity contribution in [1.82, 2.24) is 15.1 Å². The number of amides is 2. The Morgan fingerprint density at radius 2 is 2.05 bits per heavy atom. The van der Waals surface area contributed by atoms with Crippen molar-refractivity contribution in [3.05, 3.63) is 12.3 Å². The maximum atomic E-state index is 12.1. The van der Waals surface area contributed by atoms with Crippen molar-refractivity contribution in [1.29, 1.82) is 0 Å². The van der Waals surface area contributed by atoms with Crippen LogP contribution in [0.5, 0.6) is 0 Å². The van der Waals surface area contributed by atoms with Crippen LogP contribution >= 0.6 is 0 Å². The van der Waals surface area contributed by atoms with Crippen molar-refractivity contribution in [2.24, 2.45) is 5.92 Å². The van der Waals surface area contributed by atoms with Gasteiger partial charge in [0.1, 0.15) is 5.82 Å². The highest BCUT2D eigenvalue weighted by atomic mass is 16.3. The molecule has 0 bridgehead atoms. The van der Waals surface area contributed by atoms with E-state index in [1.807, 2.05) is 10.7 Å². The van der Waals surface area contributed by atoms with Gasteiger partial charge in [-0.2, -0.15) is 5.10 Å². The number of hydrogen-bond donors (Lipinski definition) is 3. The Balaban J connectivity index is 1.52. The zero-order chi connectivity index (χ0) is 15.4. The predicted molar refractivity (Wildman–Crippen MR) is 84.7 cm³/mol. The second-order valence-corrected chi connectivity index (χ2v) is 6.55. The molecule has 2 atom stereocenters. The molecule has 1 aromatic heterocycles. The average molecular weight is 306 g/mol. The van der Waals surface area contributed by atoms with Crippen molar-refractivity contribution in [2.45, 2.75) is 63.5 Å². The number of urea groups is 1. The number of rotatable bonds is 4. The first kappa shape index (κ1) is 15.3. The molecule has 3 rings (SSSR count). The summed E-state index contributed by atoms with van der Waals surface area (Å²) in [5.41, 5.74) is 0. The van der Waals surface area contributed by atoms with Gasteiger partial charge in [0, 0.05) is 18.5 Å². The van der Waals surface area contributed by atoms with E-state index in [4.69, 9.17) is 0 Å². The Morgan fingerprint density at radius 1 is 1.23 bits per heavy atom. The molecule has 6 nitrogen and oxygen atoms in total. The van der Waals surface area contributed by atoms with Gasteiger partial charge < -0.3 is 10.4 Å². The number of aliphatic hydroxyl groups excluding tert-OH is 1. The van der Waals surface area contributed by atoms with E-state index in [0.29, 0.717) is 12.6 Å². The number of aromatic nitrogens is 2. The maximum absolute atomic E-state index is 12.1. The molecule has 0 aromatic carbocycles. The van der Waals surface area contributed by atoms with Gasteiger partial charge in [-0.15, -0.1) is 0 Å². The first-order valence-electron chi connectivity index (χ1n) is 8.50. The van der Waals surface area contributed by atoms with Crippen molar-refractivity contribution in [3.8, 4) is 0 Å². The summed E-state index contributed by atoms with van der Waals surface area (Å²) >= 11 is 0. The van der Waals surface area contributed by atoms with E-state index in [1.54, 1.807) is 6.20 Å². The molecular weight excluding hydrogens is 280 g/mol. The van der Waals surface area contributed by atoms with Crippen LogP contribution in [-0.4, -0.2) is 33.6 Å². The smallest absolute Gasteiger partial charge is 0.320 e. The van der Waals surface area contributed by atoms with E-state index in [-0.39, 0.29) is 18.1 Å². The Morgan fingerprint density at radius 3 is 2.77 bits per heavy atom. The zero-order valence-electron chi connectivity index (χ0n) is 13.0. The summed E-state index contributed by atoms with van der Waals surface area (Å²) in [6.07, 6.45) is 10.4. The number of aliphatic hydroxyl groups is 1. The summed E-state index contributed by atoms with van der Waals surface area (Å²) in [4.78, 5) is 12.1. The summed E-state index contributed by atoms with van der Waals surface area (Å²) in [6, 6.07) is 2.03. The monoisotopic (exact) mass is 306 g/mol. The molecule has 2 fully saturated rings. The third-order valence-electron chi connectivity index (χ3n) is 4.98. The van der Waals surface area contributed by atoms with E-state index >= 15 is 0 Å². The molecular formula is C16H26N4O2. The van der Waals surface area contributed by atoms with Crippen LogP contribution in [0.4, 0.5) is 10.6 Å². The molecule has 3 N–H and O–H groups in total. The Hall–Kier alpha value is -1.56. The first-order valence-corrected chi connectivity index (χ1v) is 8.50. The largest absolute Gasteiger partial charge is 0.393 e. The molecule has 2 aliphatic carbocycles. The molecule has 0 spiro atoms. The lowest BCUT2D eigenvalue weighted by atomic mass is 9.96. The molecule has 22 heavy (non-hydrogen) atoms. The van der Waals surface area contributed by atoms with Crippen LogP contribution in [0.1, 0.15) is 57.4 Å². The molecule has 0 unspecified atom stereocenters. The van der Waals surface area contributed by atoms with E-state index < -0.39 is 0 Å². The molecule has 6 heteroatoms. The van der Waals surface area contributed by atoms with E-state index in [1.165, 1.54) is 19.3 Å². The van der Waals surface area contributed by atoms with Gasteiger partial charge in [-0.05, 0) is 25.7 Å². The first-order chi connectivity index (χ1) is 10.7. The van der Waals surface area contributed by atoms with Gasteiger partial charge in [0.25, 0.3) is 0 Å². The second-order valence-electron chi connectivity index (χ2n) is 6.55. The van der Waals surface area contributed by atoms with Crippen molar-refractivity contribution in [2.75, 3.05) is 11.9 Å². The standard InChI is InChI=1S/C16H26N4O2/c21-14-8-4-5-12(14)11-17-16(22)19-15-9-10-18-20(15)13-6-2-1-3-7-13/h9-10,12-14,21H,1-8,11H2,(H2,17,19,22)/t12-,14-/m0/s1. The lowest BCUT2D eigenvalue weighted by molar-refractivity contribution is 0.133. The van der Waals surface area contributed by atoms with Gasteiger partial charge >= 0.3 is 6.03 Å². The van der Waals surface area contributed by atoms with Gasteiger partial charge in [-0.25, -0.2) is 9.48 Å². The quantitative estimate of drug-likeness (QED) is 0.800. The van der Waals surface area contributed by atoms with Crippen molar-refractivity contribution < 1.29 is 9.90 Å². The third kappa shape index (κ3) is 3.61. The minimum Gasteiger partial charge on any atom is -0.393 e. The van der Waals surface area contributed by atoms with Gasteiger partial charge in [0.05, 0.1) is 18.3 Å². The summed E-state index contributed by atoms with van der Waals surface area (Å²) in [5.74, 6) is 0.949. The summed E-state index contributed by atoms with van der Waals surface area (Å²) < 4.78 is 1.95. The van der Waals surface area contributed by atoms with E-state index in [9.17, 15) is 9.90 Å². The number of carbonyl (C=O) groups is 1. The number of anilines is 1. The van der Waals surface area contributed by atoms with Gasteiger partial charge in [-0.3, -0.25) is 5.32 Å². The van der Waals surface area contributed by atoms with Crippen molar-refractivity contribution >= 4 is 11.8 Å². The van der Waals surface area contributed by atoms with Crippen LogP contribution in [0.15, 0.2) is 12.3 Å². The molecule has 122 valence electrons. The zero-order valence-corrected chi connectivity index (χ0v) is 13.0. The molecule has 2 aliphatic rings. The number of nitrogens with zero attached hydrogens (tertiary/aromatic N) is 2. The highest BCUT2D eigenvalue weighted by Crippen LogP contribution is 2.30. The van der Waals surface area contributed by atoms with Gasteiger partial charge in [0.2, 0.25) is 0 Å². The third-order valence-corrected chi connectivity index (χ3v) is 4.98. The fourth-order valence-corrected chi connectivity index (χ4v) is 3.67. The number of hydrogen-bond acceptors (Lipinski definition) is 3. The highest BCUT2D eigenvalue weighted by Gasteiger charge is 2.25. The second kappa shape index (κ2) is 7.13. The molecule has 1 heterocycles. The summed E-state index contributed by atoms with van der Waals surface area (Å²) in [7, 11) is 0.